The van der Waals surface area contributed by atoms with Gasteiger partial charge in [-0.2, -0.15) is 0 Å². The standard InChI is InChI=1S/C14H22N4O2/c1-11(15-2)10-17-14(19)12-4-3-5-16-13(12)18-6-8-20-9-7-18/h3-5,11,15H,6-10H2,1-2H3,(H,17,19). The van der Waals surface area contributed by atoms with Crippen LogP contribution in [0.4, 0.5) is 5.82 Å². The van der Waals surface area contributed by atoms with Crippen LogP contribution in [0.15, 0.2) is 18.3 Å². The van der Waals surface area contributed by atoms with Crippen molar-refractivity contribution in [2.75, 3.05) is 44.8 Å². The molecule has 2 rings (SSSR count). The van der Waals surface area contributed by atoms with Gasteiger partial charge in [0.25, 0.3) is 5.91 Å². The Morgan fingerprint density at radius 1 is 1.50 bits per heavy atom. The van der Waals surface area contributed by atoms with Crippen LogP contribution in [0.5, 0.6) is 0 Å². The zero-order chi connectivity index (χ0) is 14.4. The van der Waals surface area contributed by atoms with Crippen LogP contribution in [0, 0.1) is 0 Å². The number of carbonyl (C=O) groups is 1. The summed E-state index contributed by atoms with van der Waals surface area (Å²) < 4.78 is 5.34. The zero-order valence-corrected chi connectivity index (χ0v) is 12.1. The van der Waals surface area contributed by atoms with E-state index in [4.69, 9.17) is 4.74 Å². The lowest BCUT2D eigenvalue weighted by atomic mass is 10.2. The minimum absolute atomic E-state index is 0.0818. The molecular weight excluding hydrogens is 256 g/mol. The minimum atomic E-state index is -0.0818. The summed E-state index contributed by atoms with van der Waals surface area (Å²) in [5.41, 5.74) is 0.623. The molecule has 1 aromatic heterocycles. The maximum Gasteiger partial charge on any atom is 0.255 e. The summed E-state index contributed by atoms with van der Waals surface area (Å²) in [4.78, 5) is 18.8. The number of anilines is 1. The summed E-state index contributed by atoms with van der Waals surface area (Å²) in [6, 6.07) is 3.85. The van der Waals surface area contributed by atoms with Gasteiger partial charge in [-0.25, -0.2) is 4.98 Å². The lowest BCUT2D eigenvalue weighted by Crippen LogP contribution is -2.40. The lowest BCUT2D eigenvalue weighted by Gasteiger charge is -2.29. The molecular formula is C14H22N4O2. The molecule has 20 heavy (non-hydrogen) atoms. The second-order valence-corrected chi connectivity index (χ2v) is 4.87. The summed E-state index contributed by atoms with van der Waals surface area (Å²) in [5, 5.41) is 6.02. The molecule has 2 N–H and O–H groups in total. The molecule has 6 heteroatoms. The lowest BCUT2D eigenvalue weighted by molar-refractivity contribution is 0.0948. The van der Waals surface area contributed by atoms with Gasteiger partial charge in [-0.3, -0.25) is 4.79 Å². The Balaban J connectivity index is 2.08. The van der Waals surface area contributed by atoms with Crippen LogP contribution in [-0.2, 0) is 4.74 Å². The Kier molecular flexibility index (Phi) is 5.31. The van der Waals surface area contributed by atoms with Crippen LogP contribution in [0.1, 0.15) is 17.3 Å². The van der Waals surface area contributed by atoms with E-state index in [0.29, 0.717) is 25.3 Å². The molecule has 0 spiro atoms. The molecule has 1 aliphatic heterocycles. The predicted molar refractivity (Wildman–Crippen MR) is 78.1 cm³/mol. The Morgan fingerprint density at radius 3 is 2.95 bits per heavy atom. The molecule has 1 aromatic rings. The number of amides is 1. The molecule has 0 bridgehead atoms. The molecule has 1 fully saturated rings. The summed E-state index contributed by atoms with van der Waals surface area (Å²) in [7, 11) is 1.88. The van der Waals surface area contributed by atoms with Crippen LogP contribution in [0.3, 0.4) is 0 Å². The van der Waals surface area contributed by atoms with Gasteiger partial charge in [-0.05, 0) is 26.1 Å². The van der Waals surface area contributed by atoms with Crippen molar-refractivity contribution >= 4 is 11.7 Å². The Bertz CT molecular complexity index is 447. The van der Waals surface area contributed by atoms with E-state index in [0.717, 1.165) is 18.9 Å². The van der Waals surface area contributed by atoms with Gasteiger partial charge in [-0.1, -0.05) is 0 Å². The van der Waals surface area contributed by atoms with E-state index in [9.17, 15) is 4.79 Å². The average molecular weight is 278 g/mol. The van der Waals surface area contributed by atoms with E-state index < -0.39 is 0 Å². The van der Waals surface area contributed by atoms with Crippen molar-refractivity contribution in [2.45, 2.75) is 13.0 Å². The van der Waals surface area contributed by atoms with Crippen LogP contribution < -0.4 is 15.5 Å². The third-order valence-electron chi connectivity index (χ3n) is 3.40. The number of nitrogens with zero attached hydrogens (tertiary/aromatic N) is 2. The number of morpholine rings is 1. The Labute approximate surface area is 119 Å². The van der Waals surface area contributed by atoms with Gasteiger partial charge in [0.15, 0.2) is 0 Å². The van der Waals surface area contributed by atoms with Crippen LogP contribution in [0.2, 0.25) is 0 Å². The fraction of sp³-hybridized carbons (Fsp3) is 0.571. The van der Waals surface area contributed by atoms with Crippen LogP contribution in [0.25, 0.3) is 0 Å². The molecule has 6 nitrogen and oxygen atoms in total. The van der Waals surface area contributed by atoms with E-state index in [1.54, 1.807) is 12.3 Å². The Hall–Kier alpha value is -1.66. The third-order valence-corrected chi connectivity index (χ3v) is 3.40. The molecule has 1 unspecified atom stereocenters. The highest BCUT2D eigenvalue weighted by molar-refractivity contribution is 5.98. The maximum atomic E-state index is 12.3. The van der Waals surface area contributed by atoms with Crippen molar-refractivity contribution < 1.29 is 9.53 Å². The number of carbonyl (C=O) groups excluding carboxylic acids is 1. The fourth-order valence-electron chi connectivity index (χ4n) is 2.04. The van der Waals surface area contributed by atoms with Crippen molar-refractivity contribution in [3.63, 3.8) is 0 Å². The number of hydrogen-bond donors (Lipinski definition) is 2. The summed E-state index contributed by atoms with van der Waals surface area (Å²) in [6.07, 6.45) is 1.72. The van der Waals surface area contributed by atoms with Crippen LogP contribution >= 0.6 is 0 Å². The maximum absolute atomic E-state index is 12.3. The Morgan fingerprint density at radius 2 is 2.25 bits per heavy atom. The first-order valence-electron chi connectivity index (χ1n) is 6.95. The van der Waals surface area contributed by atoms with Crippen molar-refractivity contribution in [1.29, 1.82) is 0 Å². The van der Waals surface area contributed by atoms with Gasteiger partial charge in [0, 0.05) is 31.9 Å². The topological polar surface area (TPSA) is 66.5 Å². The molecule has 1 saturated heterocycles. The molecule has 0 aliphatic carbocycles. The van der Waals surface area contributed by atoms with Gasteiger partial charge in [0.2, 0.25) is 0 Å². The largest absolute Gasteiger partial charge is 0.378 e. The van der Waals surface area contributed by atoms with Crippen molar-refractivity contribution in [1.82, 2.24) is 15.6 Å². The molecule has 1 atom stereocenters. The SMILES string of the molecule is CNC(C)CNC(=O)c1cccnc1N1CCOCC1. The number of pyridine rings is 1. The first kappa shape index (κ1) is 14.7. The second-order valence-electron chi connectivity index (χ2n) is 4.87. The number of likely N-dealkylation sites (N-methyl/N-ethyl adjacent to an activating group) is 1. The molecule has 110 valence electrons. The highest BCUT2D eigenvalue weighted by atomic mass is 16.5. The molecule has 2 heterocycles. The van der Waals surface area contributed by atoms with Gasteiger partial charge in [-0.15, -0.1) is 0 Å². The number of rotatable bonds is 5. The smallest absolute Gasteiger partial charge is 0.255 e. The minimum Gasteiger partial charge on any atom is -0.378 e. The molecule has 1 amide bonds. The first-order valence-corrected chi connectivity index (χ1v) is 6.95. The molecule has 0 radical (unpaired) electrons. The number of aromatic nitrogens is 1. The molecule has 0 aromatic carbocycles. The number of nitrogens with one attached hydrogen (secondary N) is 2. The van der Waals surface area contributed by atoms with E-state index in [2.05, 4.69) is 20.5 Å². The number of ether oxygens (including phenoxy) is 1. The monoisotopic (exact) mass is 278 g/mol. The number of hydrogen-bond acceptors (Lipinski definition) is 5. The normalized spacial score (nSPS) is 16.8. The van der Waals surface area contributed by atoms with Gasteiger partial charge in [0.05, 0.1) is 18.8 Å². The highest BCUT2D eigenvalue weighted by Gasteiger charge is 2.19. The van der Waals surface area contributed by atoms with Crippen molar-refractivity contribution in [3.05, 3.63) is 23.9 Å². The fourth-order valence-corrected chi connectivity index (χ4v) is 2.04. The van der Waals surface area contributed by atoms with E-state index in [1.807, 2.05) is 20.0 Å². The predicted octanol–water partition coefficient (Wildman–Crippen LogP) is 0.256. The zero-order valence-electron chi connectivity index (χ0n) is 12.1. The quantitative estimate of drug-likeness (QED) is 0.808. The third kappa shape index (κ3) is 3.68. The molecule has 1 aliphatic rings. The molecule has 0 saturated carbocycles. The van der Waals surface area contributed by atoms with Gasteiger partial charge in [0.1, 0.15) is 5.82 Å². The van der Waals surface area contributed by atoms with E-state index >= 15 is 0 Å². The average Bonchev–Trinajstić information content (AvgIpc) is 2.53. The van der Waals surface area contributed by atoms with Gasteiger partial charge < -0.3 is 20.3 Å². The van der Waals surface area contributed by atoms with E-state index in [1.165, 1.54) is 0 Å². The summed E-state index contributed by atoms with van der Waals surface area (Å²) in [6.45, 7) is 5.50. The van der Waals surface area contributed by atoms with Crippen molar-refractivity contribution in [2.24, 2.45) is 0 Å². The highest BCUT2D eigenvalue weighted by Crippen LogP contribution is 2.18. The summed E-state index contributed by atoms with van der Waals surface area (Å²) in [5.74, 6) is 0.659. The van der Waals surface area contributed by atoms with E-state index in [-0.39, 0.29) is 11.9 Å². The first-order chi connectivity index (χ1) is 9.72. The van der Waals surface area contributed by atoms with Gasteiger partial charge >= 0.3 is 0 Å². The van der Waals surface area contributed by atoms with Crippen molar-refractivity contribution in [3.8, 4) is 0 Å². The second kappa shape index (κ2) is 7.21. The summed E-state index contributed by atoms with van der Waals surface area (Å²) >= 11 is 0. The van der Waals surface area contributed by atoms with Crippen LogP contribution in [-0.4, -0.2) is 56.8 Å².